The van der Waals surface area contributed by atoms with Crippen LogP contribution in [0, 0.1) is 6.92 Å². The van der Waals surface area contributed by atoms with Crippen molar-refractivity contribution in [2.45, 2.75) is 51.7 Å². The van der Waals surface area contributed by atoms with E-state index in [1.54, 1.807) is 20.8 Å². The van der Waals surface area contributed by atoms with Crippen molar-refractivity contribution in [3.8, 4) is 0 Å². The molecule has 1 aliphatic heterocycles. The van der Waals surface area contributed by atoms with Crippen molar-refractivity contribution in [2.24, 2.45) is 0 Å². The minimum absolute atomic E-state index is 0.0230. The maximum Gasteiger partial charge on any atom is 0.411 e. The van der Waals surface area contributed by atoms with Crippen molar-refractivity contribution in [1.82, 2.24) is 4.90 Å². The molecule has 1 aliphatic rings. The van der Waals surface area contributed by atoms with Gasteiger partial charge < -0.3 is 9.84 Å². The van der Waals surface area contributed by atoms with Crippen molar-refractivity contribution in [3.63, 3.8) is 0 Å². The van der Waals surface area contributed by atoms with Gasteiger partial charge in [0, 0.05) is 12.5 Å². The average Bonchev–Trinajstić information content (AvgIpc) is 2.82. The second-order valence-electron chi connectivity index (χ2n) is 6.78. The van der Waals surface area contributed by atoms with Crippen LogP contribution < -0.4 is 0 Å². The molecule has 0 spiro atoms. The first kappa shape index (κ1) is 16.3. The first-order valence-electron chi connectivity index (χ1n) is 7.47. The van der Waals surface area contributed by atoms with Crippen LogP contribution in [0.4, 0.5) is 4.79 Å². The maximum absolute atomic E-state index is 12.3. The summed E-state index contributed by atoms with van der Waals surface area (Å²) in [6.45, 7) is 7.69. The zero-order valence-electron chi connectivity index (χ0n) is 13.5. The van der Waals surface area contributed by atoms with E-state index in [0.29, 0.717) is 13.0 Å². The molecule has 5 heteroatoms. The van der Waals surface area contributed by atoms with Gasteiger partial charge in [0.15, 0.2) is 0 Å². The van der Waals surface area contributed by atoms with Gasteiger partial charge in [-0.25, -0.2) is 9.59 Å². The van der Waals surface area contributed by atoms with E-state index in [2.05, 4.69) is 0 Å². The number of carboxylic acids is 1. The molecule has 0 bridgehead atoms. The van der Waals surface area contributed by atoms with Crippen LogP contribution in [-0.2, 0) is 9.53 Å². The second-order valence-corrected chi connectivity index (χ2v) is 6.78. The molecular weight excluding hydrogens is 282 g/mol. The maximum atomic E-state index is 12.3. The number of amides is 1. The van der Waals surface area contributed by atoms with E-state index in [4.69, 9.17) is 4.74 Å². The van der Waals surface area contributed by atoms with Crippen molar-refractivity contribution in [3.05, 3.63) is 35.4 Å². The van der Waals surface area contributed by atoms with Crippen molar-refractivity contribution in [1.29, 1.82) is 0 Å². The largest absolute Gasteiger partial charge is 0.480 e. The number of carboxylic acid groups (broad SMARTS) is 1. The second kappa shape index (κ2) is 5.99. The Morgan fingerprint density at radius 1 is 1.27 bits per heavy atom. The lowest BCUT2D eigenvalue weighted by atomic mass is 9.93. The van der Waals surface area contributed by atoms with E-state index in [-0.39, 0.29) is 5.92 Å². The van der Waals surface area contributed by atoms with Gasteiger partial charge in [0.2, 0.25) is 0 Å². The first-order chi connectivity index (χ1) is 10.2. The molecule has 0 aliphatic carbocycles. The van der Waals surface area contributed by atoms with E-state index in [1.165, 1.54) is 4.90 Å². The van der Waals surface area contributed by atoms with Crippen LogP contribution in [0.2, 0.25) is 0 Å². The minimum Gasteiger partial charge on any atom is -0.480 e. The van der Waals surface area contributed by atoms with Gasteiger partial charge in [-0.3, -0.25) is 4.90 Å². The Hall–Kier alpha value is -2.04. The summed E-state index contributed by atoms with van der Waals surface area (Å²) < 4.78 is 5.34. The standard InChI is InChI=1S/C17H23NO4/c1-11-7-5-6-8-13(11)12-9-14(15(19)20)18(10-12)16(21)22-17(2,3)4/h5-8,12,14H,9-10H2,1-4H3,(H,19,20)/t12-,14+/m1/s1. The molecule has 2 atom stereocenters. The number of nitrogens with zero attached hydrogens (tertiary/aromatic N) is 1. The summed E-state index contributed by atoms with van der Waals surface area (Å²) in [6, 6.07) is 7.06. The van der Waals surface area contributed by atoms with Gasteiger partial charge in [-0.1, -0.05) is 24.3 Å². The van der Waals surface area contributed by atoms with Gasteiger partial charge in [-0.05, 0) is 45.2 Å². The lowest BCUT2D eigenvalue weighted by Crippen LogP contribution is -2.43. The first-order valence-corrected chi connectivity index (χ1v) is 7.47. The quantitative estimate of drug-likeness (QED) is 0.911. The third kappa shape index (κ3) is 3.59. The highest BCUT2D eigenvalue weighted by Crippen LogP contribution is 2.34. The summed E-state index contributed by atoms with van der Waals surface area (Å²) in [6.07, 6.45) is -0.143. The van der Waals surface area contributed by atoms with Crippen molar-refractivity contribution in [2.75, 3.05) is 6.54 Å². The number of rotatable bonds is 2. The Bertz CT molecular complexity index is 576. The van der Waals surface area contributed by atoms with Gasteiger partial charge in [0.05, 0.1) is 0 Å². The number of ether oxygens (including phenoxy) is 1. The number of aliphatic carboxylic acids is 1. The third-order valence-electron chi connectivity index (χ3n) is 3.84. The van der Waals surface area contributed by atoms with E-state index >= 15 is 0 Å². The number of hydrogen-bond donors (Lipinski definition) is 1. The van der Waals surface area contributed by atoms with Gasteiger partial charge in [-0.15, -0.1) is 0 Å². The summed E-state index contributed by atoms with van der Waals surface area (Å²) in [5.41, 5.74) is 1.57. The van der Waals surface area contributed by atoms with Crippen LogP contribution in [0.5, 0.6) is 0 Å². The normalized spacial score (nSPS) is 21.7. The third-order valence-corrected chi connectivity index (χ3v) is 3.84. The van der Waals surface area contributed by atoms with Gasteiger partial charge in [0.1, 0.15) is 11.6 Å². The van der Waals surface area contributed by atoms with Crippen molar-refractivity contribution < 1.29 is 19.4 Å². The van der Waals surface area contributed by atoms with Crippen LogP contribution >= 0.6 is 0 Å². The molecule has 0 radical (unpaired) electrons. The monoisotopic (exact) mass is 305 g/mol. The fraction of sp³-hybridized carbons (Fsp3) is 0.529. The number of carbonyl (C=O) groups is 2. The number of carbonyl (C=O) groups excluding carboxylic acids is 1. The lowest BCUT2D eigenvalue weighted by molar-refractivity contribution is -0.142. The highest BCUT2D eigenvalue weighted by molar-refractivity contribution is 5.81. The molecule has 1 saturated heterocycles. The topological polar surface area (TPSA) is 66.8 Å². The Kier molecular flexibility index (Phi) is 4.44. The van der Waals surface area contributed by atoms with E-state index in [0.717, 1.165) is 11.1 Å². The Morgan fingerprint density at radius 3 is 2.45 bits per heavy atom. The highest BCUT2D eigenvalue weighted by atomic mass is 16.6. The zero-order chi connectivity index (χ0) is 16.5. The van der Waals surface area contributed by atoms with Gasteiger partial charge >= 0.3 is 12.1 Å². The van der Waals surface area contributed by atoms with Crippen molar-refractivity contribution >= 4 is 12.1 Å². The smallest absolute Gasteiger partial charge is 0.411 e. The van der Waals surface area contributed by atoms with Crippen LogP contribution in [-0.4, -0.2) is 40.3 Å². The molecule has 1 aromatic carbocycles. The molecule has 22 heavy (non-hydrogen) atoms. The number of likely N-dealkylation sites (tertiary alicyclic amines) is 1. The number of aryl methyl sites for hydroxylation is 1. The predicted molar refractivity (Wildman–Crippen MR) is 82.9 cm³/mol. The molecule has 0 unspecified atom stereocenters. The fourth-order valence-electron chi connectivity index (χ4n) is 2.86. The molecule has 1 heterocycles. The molecule has 1 fully saturated rings. The molecular formula is C17H23NO4. The van der Waals surface area contributed by atoms with Gasteiger partial charge in [-0.2, -0.15) is 0 Å². The average molecular weight is 305 g/mol. The Labute approximate surface area is 130 Å². The number of hydrogen-bond acceptors (Lipinski definition) is 3. The fourth-order valence-corrected chi connectivity index (χ4v) is 2.86. The SMILES string of the molecule is Cc1ccccc1[C@@H]1C[C@@H](C(=O)O)N(C(=O)OC(C)(C)C)C1. The minimum atomic E-state index is -0.984. The Morgan fingerprint density at radius 2 is 1.91 bits per heavy atom. The summed E-state index contributed by atoms with van der Waals surface area (Å²) in [4.78, 5) is 25.1. The number of benzene rings is 1. The predicted octanol–water partition coefficient (Wildman–Crippen LogP) is 3.17. The van der Waals surface area contributed by atoms with Crippen LogP contribution in [0.3, 0.4) is 0 Å². The molecule has 1 amide bonds. The molecule has 1 aromatic rings. The molecule has 0 aromatic heterocycles. The Balaban J connectivity index is 2.22. The van der Waals surface area contributed by atoms with Crippen LogP contribution in [0.15, 0.2) is 24.3 Å². The van der Waals surface area contributed by atoms with E-state index < -0.39 is 23.7 Å². The van der Waals surface area contributed by atoms with E-state index in [1.807, 2.05) is 31.2 Å². The van der Waals surface area contributed by atoms with Crippen LogP contribution in [0.1, 0.15) is 44.2 Å². The summed E-state index contributed by atoms with van der Waals surface area (Å²) in [5.74, 6) is -0.961. The molecule has 0 saturated carbocycles. The molecule has 2 rings (SSSR count). The lowest BCUT2D eigenvalue weighted by Gasteiger charge is -2.26. The van der Waals surface area contributed by atoms with E-state index in [9.17, 15) is 14.7 Å². The summed E-state index contributed by atoms with van der Waals surface area (Å²) >= 11 is 0. The summed E-state index contributed by atoms with van der Waals surface area (Å²) in [7, 11) is 0. The molecule has 5 nitrogen and oxygen atoms in total. The highest BCUT2D eigenvalue weighted by Gasteiger charge is 2.42. The molecule has 1 N–H and O–H groups in total. The summed E-state index contributed by atoms with van der Waals surface area (Å²) in [5, 5.41) is 9.42. The zero-order valence-corrected chi connectivity index (χ0v) is 13.5. The van der Waals surface area contributed by atoms with Crippen LogP contribution in [0.25, 0.3) is 0 Å². The van der Waals surface area contributed by atoms with Gasteiger partial charge in [0.25, 0.3) is 0 Å². The molecule has 120 valence electrons.